The Morgan fingerprint density at radius 3 is 1.75 bits per heavy atom. The SMILES string of the molecule is CCCCC(CC)COCC(O)CN(CCNCC(O)COCCCS(COC)(OC)OC)CCN(CCNCCN)CC(O)COCCC[Si](OC)(OC)OC. The zero-order chi connectivity index (χ0) is 42.6. The molecule has 0 bridgehead atoms. The Balaban J connectivity index is 5.21. The predicted molar refractivity (Wildman–Crippen MR) is 231 cm³/mol. The minimum Gasteiger partial charge on any atom is -0.389 e. The van der Waals surface area contributed by atoms with Crippen molar-refractivity contribution in [2.45, 2.75) is 76.7 Å². The third kappa shape index (κ3) is 28.9. The lowest BCUT2D eigenvalue weighted by Crippen LogP contribution is -2.46. The number of ether oxygens (including phenoxy) is 4. The van der Waals surface area contributed by atoms with E-state index in [1.165, 1.54) is 6.42 Å². The van der Waals surface area contributed by atoms with Gasteiger partial charge >= 0.3 is 8.80 Å². The van der Waals surface area contributed by atoms with Crippen LogP contribution in [0.2, 0.25) is 6.04 Å². The number of nitrogens with one attached hydrogen (secondary N) is 2. The number of unbranched alkanes of at least 4 members (excludes halogenated alkanes) is 1. The van der Waals surface area contributed by atoms with Gasteiger partial charge in [0.05, 0.1) is 52.4 Å². The quantitative estimate of drug-likeness (QED) is 0.0378. The third-order valence-corrected chi connectivity index (χ3v) is 15.3. The first-order chi connectivity index (χ1) is 27.5. The minimum atomic E-state index is -2.66. The molecule has 4 atom stereocenters. The molecule has 0 aliphatic heterocycles. The van der Waals surface area contributed by atoms with E-state index >= 15 is 0 Å². The Morgan fingerprint density at radius 2 is 1.23 bits per heavy atom. The van der Waals surface area contributed by atoms with E-state index in [0.717, 1.165) is 32.2 Å². The van der Waals surface area contributed by atoms with Crippen LogP contribution in [0.3, 0.4) is 0 Å². The highest BCUT2D eigenvalue weighted by molar-refractivity contribution is 8.25. The Hall–Kier alpha value is -0.113. The van der Waals surface area contributed by atoms with E-state index in [2.05, 4.69) is 34.3 Å². The second-order valence-electron chi connectivity index (χ2n) is 14.3. The topological polar surface area (TPSA) is 200 Å². The van der Waals surface area contributed by atoms with Crippen molar-refractivity contribution in [2.24, 2.45) is 11.7 Å². The van der Waals surface area contributed by atoms with Gasteiger partial charge in [-0.25, -0.2) is 0 Å². The van der Waals surface area contributed by atoms with Crippen LogP contribution in [0.5, 0.6) is 0 Å². The summed E-state index contributed by atoms with van der Waals surface area (Å²) in [6, 6.07) is 0.624. The maximum Gasteiger partial charge on any atom is 0.500 e. The van der Waals surface area contributed by atoms with E-state index in [9.17, 15) is 15.3 Å². The van der Waals surface area contributed by atoms with Crippen LogP contribution in [0.15, 0.2) is 0 Å². The monoisotopic (exact) mass is 866 g/mol. The molecular formula is C38H87N5O12SSi. The molecule has 7 N–H and O–H groups in total. The molecule has 0 spiro atoms. The van der Waals surface area contributed by atoms with Gasteiger partial charge in [-0.1, -0.05) is 33.1 Å². The molecule has 0 aromatic rings. The van der Waals surface area contributed by atoms with Gasteiger partial charge in [0.1, 0.15) is 5.94 Å². The van der Waals surface area contributed by atoms with Crippen LogP contribution < -0.4 is 16.4 Å². The first kappa shape index (κ1) is 56.9. The number of aliphatic hydroxyl groups is 3. The summed E-state index contributed by atoms with van der Waals surface area (Å²) in [6.07, 6.45) is 3.97. The molecule has 346 valence electrons. The summed E-state index contributed by atoms with van der Waals surface area (Å²) in [7, 11) is 5.25. The van der Waals surface area contributed by atoms with Gasteiger partial charge in [-0.15, -0.1) is 0 Å². The molecule has 0 amide bonds. The van der Waals surface area contributed by atoms with E-state index in [4.69, 9.17) is 46.3 Å². The van der Waals surface area contributed by atoms with Gasteiger partial charge in [-0.2, -0.15) is 10.6 Å². The van der Waals surface area contributed by atoms with Crippen LogP contribution in [0.1, 0.15) is 52.4 Å². The molecule has 17 nitrogen and oxygen atoms in total. The summed E-state index contributed by atoms with van der Waals surface area (Å²) >= 11 is 0. The average Bonchev–Trinajstić information content (AvgIpc) is 3.22. The highest BCUT2D eigenvalue weighted by Gasteiger charge is 2.36. The normalized spacial score (nSPS) is 15.1. The van der Waals surface area contributed by atoms with Crippen molar-refractivity contribution in [2.75, 3.05) is 166 Å². The first-order valence-electron chi connectivity index (χ1n) is 20.9. The number of hydrogen-bond donors (Lipinski definition) is 6. The summed E-state index contributed by atoms with van der Waals surface area (Å²) in [5.74, 6) is 1.58. The summed E-state index contributed by atoms with van der Waals surface area (Å²) in [5.41, 5.74) is 5.70. The van der Waals surface area contributed by atoms with Gasteiger partial charge in [-0.3, -0.25) is 18.2 Å². The minimum absolute atomic E-state index is 0.205. The van der Waals surface area contributed by atoms with Crippen LogP contribution in [-0.4, -0.2) is 218 Å². The van der Waals surface area contributed by atoms with Crippen LogP contribution in [-0.2, 0) is 40.6 Å². The van der Waals surface area contributed by atoms with E-state index in [-0.39, 0.29) is 19.8 Å². The van der Waals surface area contributed by atoms with Crippen LogP contribution in [0.4, 0.5) is 0 Å². The van der Waals surface area contributed by atoms with Crippen molar-refractivity contribution in [1.82, 2.24) is 20.4 Å². The summed E-state index contributed by atoms with van der Waals surface area (Å²) in [5, 5.41) is 39.3. The number of rotatable bonds is 44. The van der Waals surface area contributed by atoms with Gasteiger partial charge in [0.2, 0.25) is 0 Å². The highest BCUT2D eigenvalue weighted by Crippen LogP contribution is 2.49. The molecular weight excluding hydrogens is 779 g/mol. The van der Waals surface area contributed by atoms with Crippen molar-refractivity contribution in [1.29, 1.82) is 0 Å². The highest BCUT2D eigenvalue weighted by atomic mass is 32.3. The second kappa shape index (κ2) is 37.6. The third-order valence-electron chi connectivity index (χ3n) is 9.76. The van der Waals surface area contributed by atoms with Gasteiger partial charge in [0, 0.05) is 132 Å². The zero-order valence-corrected chi connectivity index (χ0v) is 38.9. The molecule has 0 aliphatic carbocycles. The molecule has 0 aromatic carbocycles. The van der Waals surface area contributed by atoms with E-state index in [1.54, 1.807) is 42.7 Å². The number of methoxy groups -OCH3 is 1. The zero-order valence-electron chi connectivity index (χ0n) is 37.1. The first-order valence-corrected chi connectivity index (χ1v) is 24.7. The Morgan fingerprint density at radius 1 is 0.667 bits per heavy atom. The summed E-state index contributed by atoms with van der Waals surface area (Å²) < 4.78 is 50.4. The van der Waals surface area contributed by atoms with Crippen molar-refractivity contribution in [3.05, 3.63) is 0 Å². The molecule has 0 saturated carbocycles. The maximum absolute atomic E-state index is 11.1. The molecule has 19 heteroatoms. The second-order valence-corrected chi connectivity index (χ2v) is 20.2. The smallest absolute Gasteiger partial charge is 0.389 e. The Labute approximate surface area is 349 Å². The van der Waals surface area contributed by atoms with Crippen molar-refractivity contribution < 1.29 is 55.9 Å². The Bertz CT molecular complexity index is 871. The average molecular weight is 866 g/mol. The number of nitrogens with two attached hydrogens (primary N) is 1. The molecule has 0 heterocycles. The van der Waals surface area contributed by atoms with Crippen molar-refractivity contribution >= 4 is 19.4 Å². The maximum atomic E-state index is 11.1. The fraction of sp³-hybridized carbons (Fsp3) is 1.00. The van der Waals surface area contributed by atoms with Gasteiger partial charge in [0.15, 0.2) is 0 Å². The Kier molecular flexibility index (Phi) is 37.6. The number of hydrogen-bond acceptors (Lipinski definition) is 17. The van der Waals surface area contributed by atoms with Gasteiger partial charge < -0.3 is 63.9 Å². The molecule has 0 fully saturated rings. The molecule has 0 aromatic heterocycles. The predicted octanol–water partition coefficient (Wildman–Crippen LogP) is 1.27. The summed E-state index contributed by atoms with van der Waals surface area (Å²) in [4.78, 5) is 4.42. The standard InChI is InChI=1S/C38H87N5O12SSi/c1-9-11-14-35(10-2)30-55-33-38(46)29-43(20-18-41-27-36(44)31-53-23-12-25-56(48-4,49-5)34-47-3)22-21-42(19-17-40-16-15-39)28-37(45)32-54-24-13-26-57(50-6,51-7)52-8/h35-38,40-41,44-46H,9-34,39H2,1-8H3. The van der Waals surface area contributed by atoms with E-state index in [0.29, 0.717) is 115 Å². The lowest BCUT2D eigenvalue weighted by molar-refractivity contribution is -0.00174. The van der Waals surface area contributed by atoms with Crippen LogP contribution in [0, 0.1) is 5.92 Å². The molecule has 0 aliphatic rings. The fourth-order valence-electron chi connectivity index (χ4n) is 6.21. The lowest BCUT2D eigenvalue weighted by atomic mass is 10.0. The molecule has 0 saturated heterocycles. The van der Waals surface area contributed by atoms with Crippen molar-refractivity contribution in [3.63, 3.8) is 0 Å². The lowest BCUT2D eigenvalue weighted by Gasteiger charge is -2.39. The van der Waals surface area contributed by atoms with Gasteiger partial charge in [-0.05, 0) is 25.2 Å². The molecule has 0 radical (unpaired) electrons. The molecule has 0 rings (SSSR count). The van der Waals surface area contributed by atoms with Crippen LogP contribution >= 0.6 is 10.6 Å². The number of nitrogens with zero attached hydrogens (tertiary/aromatic N) is 2. The van der Waals surface area contributed by atoms with E-state index < -0.39 is 37.7 Å². The molecule has 4 unspecified atom stereocenters. The summed E-state index contributed by atoms with van der Waals surface area (Å²) in [6.45, 7) is 13.2. The number of aliphatic hydroxyl groups excluding tert-OH is 3. The van der Waals surface area contributed by atoms with Gasteiger partial charge in [0.25, 0.3) is 0 Å². The van der Waals surface area contributed by atoms with Crippen molar-refractivity contribution in [3.8, 4) is 0 Å². The molecule has 57 heavy (non-hydrogen) atoms. The largest absolute Gasteiger partial charge is 0.500 e. The van der Waals surface area contributed by atoms with Crippen LogP contribution in [0.25, 0.3) is 0 Å². The fourth-order valence-corrected chi connectivity index (χ4v) is 9.59. The van der Waals surface area contributed by atoms with E-state index in [1.807, 2.05) is 0 Å².